The Labute approximate surface area is 89.5 Å². The molecule has 1 aromatic heterocycles. The van der Waals surface area contributed by atoms with Crippen molar-refractivity contribution in [2.75, 3.05) is 6.54 Å². The van der Waals surface area contributed by atoms with Crippen molar-refractivity contribution in [3.05, 3.63) is 20.8 Å². The normalized spacial score (nSPS) is 12.5. The van der Waals surface area contributed by atoms with Crippen LogP contribution in [0.2, 0.25) is 0 Å². The van der Waals surface area contributed by atoms with Crippen molar-refractivity contribution >= 4 is 33.2 Å². The Morgan fingerprint density at radius 1 is 1.77 bits per heavy atom. The Hall–Kier alpha value is -0.390. The van der Waals surface area contributed by atoms with Crippen molar-refractivity contribution in [1.82, 2.24) is 5.32 Å². The third kappa shape index (κ3) is 3.10. The molecule has 0 unspecified atom stereocenters. The number of nitrogens with one attached hydrogen (secondary N) is 1. The van der Waals surface area contributed by atoms with E-state index >= 15 is 0 Å². The van der Waals surface area contributed by atoms with E-state index in [0.717, 1.165) is 3.79 Å². The summed E-state index contributed by atoms with van der Waals surface area (Å²) in [5, 5.41) is 2.78. The average Bonchev–Trinajstić information content (AvgIpc) is 2.51. The highest BCUT2D eigenvalue weighted by Crippen LogP contribution is 2.21. The van der Waals surface area contributed by atoms with Gasteiger partial charge in [-0.3, -0.25) is 4.79 Å². The number of thiophene rings is 1. The van der Waals surface area contributed by atoms with E-state index in [1.807, 2.05) is 13.0 Å². The predicted molar refractivity (Wildman–Crippen MR) is 58.0 cm³/mol. The van der Waals surface area contributed by atoms with Gasteiger partial charge in [0.05, 0.1) is 8.66 Å². The molecule has 5 heteroatoms. The summed E-state index contributed by atoms with van der Waals surface area (Å²) in [6, 6.07) is 3.66. The molecule has 72 valence electrons. The number of halogens is 1. The molecule has 3 N–H and O–H groups in total. The van der Waals surface area contributed by atoms with Crippen LogP contribution in [0.25, 0.3) is 0 Å². The molecule has 3 nitrogen and oxygen atoms in total. The second-order valence-corrected chi connectivity index (χ2v) is 5.18. The van der Waals surface area contributed by atoms with Crippen molar-refractivity contribution in [3.63, 3.8) is 0 Å². The highest BCUT2D eigenvalue weighted by Gasteiger charge is 2.10. The van der Waals surface area contributed by atoms with Crippen molar-refractivity contribution in [3.8, 4) is 0 Å². The molecule has 0 aliphatic carbocycles. The fourth-order valence-electron chi connectivity index (χ4n) is 0.790. The van der Waals surface area contributed by atoms with Crippen LogP contribution in [0, 0.1) is 0 Å². The first-order valence-corrected chi connectivity index (χ1v) is 5.50. The molecule has 0 bridgehead atoms. The zero-order chi connectivity index (χ0) is 9.84. The van der Waals surface area contributed by atoms with Gasteiger partial charge in [0.15, 0.2) is 0 Å². The van der Waals surface area contributed by atoms with Gasteiger partial charge < -0.3 is 11.1 Å². The molecule has 0 saturated carbocycles. The minimum Gasteiger partial charge on any atom is -0.348 e. The van der Waals surface area contributed by atoms with Gasteiger partial charge in [-0.05, 0) is 35.0 Å². The fourth-order valence-corrected chi connectivity index (χ4v) is 2.08. The molecule has 0 fully saturated rings. The van der Waals surface area contributed by atoms with E-state index in [-0.39, 0.29) is 11.9 Å². The number of rotatable bonds is 3. The summed E-state index contributed by atoms with van der Waals surface area (Å²) >= 11 is 4.71. The first-order chi connectivity index (χ1) is 6.13. The van der Waals surface area contributed by atoms with Gasteiger partial charge in [-0.15, -0.1) is 11.3 Å². The van der Waals surface area contributed by atoms with Crippen LogP contribution in [0.15, 0.2) is 15.9 Å². The van der Waals surface area contributed by atoms with E-state index < -0.39 is 0 Å². The van der Waals surface area contributed by atoms with Crippen LogP contribution >= 0.6 is 27.3 Å². The highest BCUT2D eigenvalue weighted by molar-refractivity contribution is 9.11. The van der Waals surface area contributed by atoms with Crippen LogP contribution in [0.3, 0.4) is 0 Å². The molecule has 1 rings (SSSR count). The van der Waals surface area contributed by atoms with E-state index in [2.05, 4.69) is 21.2 Å². The SMILES string of the molecule is C[C@@H](CN)NC(=O)c1ccc(Br)s1. The summed E-state index contributed by atoms with van der Waals surface area (Å²) < 4.78 is 0.957. The topological polar surface area (TPSA) is 55.1 Å². The smallest absolute Gasteiger partial charge is 0.261 e. The first kappa shape index (κ1) is 10.7. The maximum atomic E-state index is 11.5. The summed E-state index contributed by atoms with van der Waals surface area (Å²) in [6.45, 7) is 2.33. The molecule has 13 heavy (non-hydrogen) atoms. The molecule has 1 heterocycles. The second-order valence-electron chi connectivity index (χ2n) is 2.71. The van der Waals surface area contributed by atoms with Gasteiger partial charge in [0, 0.05) is 12.6 Å². The van der Waals surface area contributed by atoms with Crippen molar-refractivity contribution in [2.24, 2.45) is 5.73 Å². The van der Waals surface area contributed by atoms with E-state index in [4.69, 9.17) is 5.73 Å². The van der Waals surface area contributed by atoms with E-state index in [0.29, 0.717) is 11.4 Å². The fraction of sp³-hybridized carbons (Fsp3) is 0.375. The minimum absolute atomic E-state index is 0.0216. The molecule has 1 amide bonds. The predicted octanol–water partition coefficient (Wildman–Crippen LogP) is 1.59. The summed E-state index contributed by atoms with van der Waals surface area (Å²) in [4.78, 5) is 12.2. The standard InChI is InChI=1S/C8H11BrN2OS/c1-5(4-10)11-8(12)6-2-3-7(9)13-6/h2-3,5H,4,10H2,1H3,(H,11,12)/t5-/m0/s1. The molecule has 0 spiro atoms. The molecule has 1 aromatic rings. The molecule has 0 aromatic carbocycles. The number of nitrogens with two attached hydrogens (primary N) is 1. The van der Waals surface area contributed by atoms with Gasteiger partial charge in [0.1, 0.15) is 0 Å². The lowest BCUT2D eigenvalue weighted by Crippen LogP contribution is -2.37. The zero-order valence-electron chi connectivity index (χ0n) is 7.21. The third-order valence-corrected chi connectivity index (χ3v) is 3.15. The van der Waals surface area contributed by atoms with E-state index in [1.165, 1.54) is 11.3 Å². The van der Waals surface area contributed by atoms with Crippen molar-refractivity contribution < 1.29 is 4.79 Å². The summed E-state index contributed by atoms with van der Waals surface area (Å²) in [7, 11) is 0. The lowest BCUT2D eigenvalue weighted by molar-refractivity contribution is 0.0945. The van der Waals surface area contributed by atoms with Crippen LogP contribution < -0.4 is 11.1 Å². The Balaban J connectivity index is 2.58. The van der Waals surface area contributed by atoms with Crippen LogP contribution in [0.4, 0.5) is 0 Å². The molecule has 0 aliphatic heterocycles. The number of hydrogen-bond donors (Lipinski definition) is 2. The second kappa shape index (κ2) is 4.74. The first-order valence-electron chi connectivity index (χ1n) is 3.89. The zero-order valence-corrected chi connectivity index (χ0v) is 9.61. The van der Waals surface area contributed by atoms with E-state index in [1.54, 1.807) is 6.07 Å². The van der Waals surface area contributed by atoms with Crippen molar-refractivity contribution in [2.45, 2.75) is 13.0 Å². The average molecular weight is 263 g/mol. The Morgan fingerprint density at radius 3 is 2.92 bits per heavy atom. The molecule has 0 saturated heterocycles. The molecule has 1 atom stereocenters. The molecule has 0 radical (unpaired) electrons. The van der Waals surface area contributed by atoms with Crippen LogP contribution in [-0.2, 0) is 0 Å². The highest BCUT2D eigenvalue weighted by atomic mass is 79.9. The minimum atomic E-state index is -0.0614. The maximum Gasteiger partial charge on any atom is 0.261 e. The number of carbonyl (C=O) groups is 1. The number of hydrogen-bond acceptors (Lipinski definition) is 3. The third-order valence-electron chi connectivity index (χ3n) is 1.53. The summed E-state index contributed by atoms with van der Waals surface area (Å²) in [5.74, 6) is -0.0614. The van der Waals surface area contributed by atoms with Gasteiger partial charge in [-0.25, -0.2) is 0 Å². The van der Waals surface area contributed by atoms with Crippen LogP contribution in [0.5, 0.6) is 0 Å². The Kier molecular flexibility index (Phi) is 3.90. The van der Waals surface area contributed by atoms with Crippen LogP contribution in [0.1, 0.15) is 16.6 Å². The number of carbonyl (C=O) groups excluding carboxylic acids is 1. The van der Waals surface area contributed by atoms with Gasteiger partial charge in [0.2, 0.25) is 0 Å². The monoisotopic (exact) mass is 262 g/mol. The van der Waals surface area contributed by atoms with Gasteiger partial charge in [-0.2, -0.15) is 0 Å². The maximum absolute atomic E-state index is 11.5. The largest absolute Gasteiger partial charge is 0.348 e. The summed E-state index contributed by atoms with van der Waals surface area (Å²) in [6.07, 6.45) is 0. The van der Waals surface area contributed by atoms with Gasteiger partial charge in [0.25, 0.3) is 5.91 Å². The molecular formula is C8H11BrN2OS. The lowest BCUT2D eigenvalue weighted by atomic mass is 10.3. The number of amides is 1. The van der Waals surface area contributed by atoms with Crippen molar-refractivity contribution in [1.29, 1.82) is 0 Å². The van der Waals surface area contributed by atoms with Gasteiger partial charge >= 0.3 is 0 Å². The quantitative estimate of drug-likeness (QED) is 0.870. The Bertz CT molecular complexity index is 300. The molecule has 0 aliphatic rings. The Morgan fingerprint density at radius 2 is 2.46 bits per heavy atom. The summed E-state index contributed by atoms with van der Waals surface area (Å²) in [5.41, 5.74) is 5.38. The van der Waals surface area contributed by atoms with E-state index in [9.17, 15) is 4.79 Å². The van der Waals surface area contributed by atoms with Crippen LogP contribution in [-0.4, -0.2) is 18.5 Å². The van der Waals surface area contributed by atoms with Gasteiger partial charge in [-0.1, -0.05) is 0 Å². The lowest BCUT2D eigenvalue weighted by Gasteiger charge is -2.09. The molecular weight excluding hydrogens is 252 g/mol.